The van der Waals surface area contributed by atoms with Crippen LogP contribution in [0, 0.1) is 0 Å². The molecule has 0 unspecified atom stereocenters. The SMILES string of the molecule is CCc1ccc(-c2cc(C(=O)N3CCN(CC)CC3)c3ccccc3n2)cc1. The molecule has 1 fully saturated rings. The molecule has 0 atom stereocenters. The maximum Gasteiger partial charge on any atom is 0.254 e. The molecule has 1 amide bonds. The van der Waals surface area contributed by atoms with Crippen LogP contribution in [0.3, 0.4) is 0 Å². The van der Waals surface area contributed by atoms with Crippen molar-refractivity contribution in [2.24, 2.45) is 0 Å². The highest BCUT2D eigenvalue weighted by atomic mass is 16.2. The van der Waals surface area contributed by atoms with Gasteiger partial charge in [-0.25, -0.2) is 4.98 Å². The number of piperazine rings is 1. The number of benzene rings is 2. The van der Waals surface area contributed by atoms with Crippen LogP contribution >= 0.6 is 0 Å². The normalized spacial score (nSPS) is 15.1. The summed E-state index contributed by atoms with van der Waals surface area (Å²) in [4.78, 5) is 22.6. The van der Waals surface area contributed by atoms with E-state index in [4.69, 9.17) is 4.98 Å². The van der Waals surface area contributed by atoms with Crippen molar-refractivity contribution in [1.82, 2.24) is 14.8 Å². The molecular formula is C24H27N3O. The quantitative estimate of drug-likeness (QED) is 0.686. The molecule has 0 bridgehead atoms. The van der Waals surface area contributed by atoms with E-state index in [1.54, 1.807) is 0 Å². The van der Waals surface area contributed by atoms with Gasteiger partial charge in [-0.2, -0.15) is 0 Å². The maximum absolute atomic E-state index is 13.4. The number of pyridine rings is 1. The van der Waals surface area contributed by atoms with Crippen LogP contribution in [0.15, 0.2) is 54.6 Å². The average molecular weight is 374 g/mol. The predicted octanol–water partition coefficient (Wildman–Crippen LogP) is 4.24. The predicted molar refractivity (Wildman–Crippen MR) is 115 cm³/mol. The van der Waals surface area contributed by atoms with E-state index >= 15 is 0 Å². The van der Waals surface area contributed by atoms with E-state index in [9.17, 15) is 4.79 Å². The Morgan fingerprint density at radius 2 is 1.68 bits per heavy atom. The molecule has 4 heteroatoms. The van der Waals surface area contributed by atoms with Gasteiger partial charge in [0.15, 0.2) is 0 Å². The van der Waals surface area contributed by atoms with Gasteiger partial charge in [-0.15, -0.1) is 0 Å². The summed E-state index contributed by atoms with van der Waals surface area (Å²) in [5.41, 5.74) is 4.83. The molecule has 144 valence electrons. The number of aromatic nitrogens is 1. The van der Waals surface area contributed by atoms with Gasteiger partial charge in [0.1, 0.15) is 0 Å². The number of nitrogens with zero attached hydrogens (tertiary/aromatic N) is 3. The number of carbonyl (C=O) groups excluding carboxylic acids is 1. The highest BCUT2D eigenvalue weighted by Gasteiger charge is 2.23. The average Bonchev–Trinajstić information content (AvgIpc) is 2.78. The minimum absolute atomic E-state index is 0.112. The lowest BCUT2D eigenvalue weighted by Gasteiger charge is -2.34. The first kappa shape index (κ1) is 18.6. The maximum atomic E-state index is 13.4. The number of hydrogen-bond acceptors (Lipinski definition) is 3. The topological polar surface area (TPSA) is 36.4 Å². The van der Waals surface area contributed by atoms with Gasteiger partial charge in [0.25, 0.3) is 5.91 Å². The van der Waals surface area contributed by atoms with Crippen LogP contribution < -0.4 is 0 Å². The first-order chi connectivity index (χ1) is 13.7. The third-order valence-corrected chi connectivity index (χ3v) is 5.71. The summed E-state index contributed by atoms with van der Waals surface area (Å²) >= 11 is 0. The zero-order valence-electron chi connectivity index (χ0n) is 16.7. The van der Waals surface area contributed by atoms with Gasteiger partial charge in [-0.05, 0) is 30.7 Å². The number of carbonyl (C=O) groups is 1. The molecule has 1 aliphatic rings. The van der Waals surface area contributed by atoms with Crippen molar-refractivity contribution in [3.8, 4) is 11.3 Å². The van der Waals surface area contributed by atoms with E-state index in [1.165, 1.54) is 5.56 Å². The molecule has 0 spiro atoms. The third-order valence-electron chi connectivity index (χ3n) is 5.71. The molecule has 0 saturated carbocycles. The molecule has 0 N–H and O–H groups in total. The van der Waals surface area contributed by atoms with Gasteiger partial charge >= 0.3 is 0 Å². The lowest BCUT2D eigenvalue weighted by molar-refractivity contribution is 0.0645. The molecule has 0 aliphatic carbocycles. The molecule has 2 aromatic carbocycles. The van der Waals surface area contributed by atoms with Crippen molar-refractivity contribution >= 4 is 16.8 Å². The van der Waals surface area contributed by atoms with E-state index in [1.807, 2.05) is 35.2 Å². The van der Waals surface area contributed by atoms with Crippen LogP contribution in [-0.2, 0) is 6.42 Å². The summed E-state index contributed by atoms with van der Waals surface area (Å²) in [6.07, 6.45) is 1.01. The fraction of sp³-hybridized carbons (Fsp3) is 0.333. The number of amides is 1. The van der Waals surface area contributed by atoms with E-state index in [-0.39, 0.29) is 5.91 Å². The molecule has 4 nitrogen and oxygen atoms in total. The highest BCUT2D eigenvalue weighted by Crippen LogP contribution is 2.26. The van der Waals surface area contributed by atoms with Gasteiger partial charge in [0, 0.05) is 37.1 Å². The van der Waals surface area contributed by atoms with E-state index < -0.39 is 0 Å². The Hall–Kier alpha value is -2.72. The largest absolute Gasteiger partial charge is 0.336 e. The number of para-hydroxylation sites is 1. The van der Waals surface area contributed by atoms with Crippen molar-refractivity contribution in [2.75, 3.05) is 32.7 Å². The van der Waals surface area contributed by atoms with Gasteiger partial charge in [0.05, 0.1) is 16.8 Å². The Morgan fingerprint density at radius 3 is 2.36 bits per heavy atom. The number of likely N-dealkylation sites (N-methyl/N-ethyl adjacent to an activating group) is 1. The monoisotopic (exact) mass is 373 g/mol. The second-order valence-corrected chi connectivity index (χ2v) is 7.35. The fourth-order valence-corrected chi connectivity index (χ4v) is 3.85. The minimum atomic E-state index is 0.112. The van der Waals surface area contributed by atoms with E-state index in [0.717, 1.165) is 66.9 Å². The van der Waals surface area contributed by atoms with Crippen molar-refractivity contribution in [2.45, 2.75) is 20.3 Å². The summed E-state index contributed by atoms with van der Waals surface area (Å²) < 4.78 is 0. The standard InChI is InChI=1S/C24H27N3O/c1-3-18-9-11-19(12-10-18)23-17-21(20-7-5-6-8-22(20)25-23)24(28)27-15-13-26(4-2)14-16-27/h5-12,17H,3-4,13-16H2,1-2H3. The molecular weight excluding hydrogens is 346 g/mol. The summed E-state index contributed by atoms with van der Waals surface area (Å²) in [6.45, 7) is 8.81. The Kier molecular flexibility index (Phi) is 5.40. The number of aryl methyl sites for hydroxylation is 1. The Morgan fingerprint density at radius 1 is 0.964 bits per heavy atom. The molecule has 3 aromatic rings. The van der Waals surface area contributed by atoms with Crippen LogP contribution in [0.1, 0.15) is 29.8 Å². The minimum Gasteiger partial charge on any atom is -0.336 e. The number of rotatable bonds is 4. The molecule has 2 heterocycles. The van der Waals surface area contributed by atoms with Crippen LogP contribution in [0.2, 0.25) is 0 Å². The van der Waals surface area contributed by atoms with Crippen molar-refractivity contribution in [3.63, 3.8) is 0 Å². The second-order valence-electron chi connectivity index (χ2n) is 7.35. The first-order valence-corrected chi connectivity index (χ1v) is 10.2. The zero-order chi connectivity index (χ0) is 19.5. The Balaban J connectivity index is 1.73. The van der Waals surface area contributed by atoms with Crippen LogP contribution in [0.4, 0.5) is 0 Å². The lowest BCUT2D eigenvalue weighted by atomic mass is 10.0. The van der Waals surface area contributed by atoms with E-state index in [2.05, 4.69) is 43.0 Å². The second kappa shape index (κ2) is 8.11. The van der Waals surface area contributed by atoms with Gasteiger partial charge in [0.2, 0.25) is 0 Å². The summed E-state index contributed by atoms with van der Waals surface area (Å²) in [5.74, 6) is 0.112. The molecule has 28 heavy (non-hydrogen) atoms. The van der Waals surface area contributed by atoms with Gasteiger partial charge < -0.3 is 9.80 Å². The number of hydrogen-bond donors (Lipinski definition) is 0. The Labute approximate surface area is 166 Å². The fourth-order valence-electron chi connectivity index (χ4n) is 3.85. The van der Waals surface area contributed by atoms with E-state index in [0.29, 0.717) is 0 Å². The van der Waals surface area contributed by atoms with Gasteiger partial charge in [-0.3, -0.25) is 4.79 Å². The van der Waals surface area contributed by atoms with Crippen LogP contribution in [0.25, 0.3) is 22.2 Å². The summed E-state index contributed by atoms with van der Waals surface area (Å²) in [7, 11) is 0. The summed E-state index contributed by atoms with van der Waals surface area (Å²) in [5, 5.41) is 0.930. The smallest absolute Gasteiger partial charge is 0.254 e. The third kappa shape index (κ3) is 3.65. The van der Waals surface area contributed by atoms with Crippen LogP contribution in [0.5, 0.6) is 0 Å². The Bertz CT molecular complexity index is 973. The van der Waals surface area contributed by atoms with Crippen molar-refractivity contribution in [3.05, 3.63) is 65.7 Å². The molecule has 1 aromatic heterocycles. The molecule has 1 aliphatic heterocycles. The first-order valence-electron chi connectivity index (χ1n) is 10.2. The molecule has 0 radical (unpaired) electrons. The van der Waals surface area contributed by atoms with Crippen molar-refractivity contribution < 1.29 is 4.79 Å². The molecule has 1 saturated heterocycles. The lowest BCUT2D eigenvalue weighted by Crippen LogP contribution is -2.48. The zero-order valence-corrected chi connectivity index (χ0v) is 16.7. The highest BCUT2D eigenvalue weighted by molar-refractivity contribution is 6.07. The van der Waals surface area contributed by atoms with Crippen LogP contribution in [-0.4, -0.2) is 53.4 Å². The molecule has 4 rings (SSSR count). The summed E-state index contributed by atoms with van der Waals surface area (Å²) in [6, 6.07) is 18.4. The van der Waals surface area contributed by atoms with Crippen molar-refractivity contribution in [1.29, 1.82) is 0 Å². The van der Waals surface area contributed by atoms with Gasteiger partial charge in [-0.1, -0.05) is 56.3 Å². The number of fused-ring (bicyclic) bond motifs is 1.